The molecule has 1 heterocycles. The van der Waals surface area contributed by atoms with Gasteiger partial charge in [0.05, 0.1) is 0 Å². The molecule has 0 aliphatic carbocycles. The van der Waals surface area contributed by atoms with Crippen molar-refractivity contribution >= 4 is 22.6 Å². The third-order valence-electron chi connectivity index (χ3n) is 2.87. The largest absolute Gasteiger partial charge is 0.461 e. The Labute approximate surface area is 101 Å². The number of rotatable bonds is 4. The maximum absolute atomic E-state index is 6.10. The van der Waals surface area contributed by atoms with Crippen LogP contribution in [0.1, 0.15) is 31.1 Å². The quantitative estimate of drug-likeness (QED) is 0.702. The van der Waals surface area contributed by atoms with E-state index in [1.165, 1.54) is 10.9 Å². The molecule has 1 aromatic carbocycles. The fourth-order valence-corrected chi connectivity index (χ4v) is 1.95. The van der Waals surface area contributed by atoms with Crippen LogP contribution in [0.5, 0.6) is 0 Å². The molecule has 1 nitrogen and oxygen atoms in total. The highest BCUT2D eigenvalue weighted by Crippen LogP contribution is 2.22. The number of alkyl halides is 1. The Kier molecular flexibility index (Phi) is 3.55. The van der Waals surface area contributed by atoms with Crippen molar-refractivity contribution in [2.24, 2.45) is 0 Å². The predicted molar refractivity (Wildman–Crippen MR) is 69.2 cm³/mol. The van der Waals surface area contributed by atoms with Gasteiger partial charge >= 0.3 is 0 Å². The van der Waals surface area contributed by atoms with Gasteiger partial charge in [-0.15, -0.1) is 11.6 Å². The van der Waals surface area contributed by atoms with Crippen LogP contribution in [0, 0.1) is 6.92 Å². The van der Waals surface area contributed by atoms with Crippen molar-refractivity contribution in [3.05, 3.63) is 35.6 Å². The second-order valence-corrected chi connectivity index (χ2v) is 4.92. The third kappa shape index (κ3) is 2.59. The smallest absolute Gasteiger partial charge is 0.134 e. The second-order valence-electron chi connectivity index (χ2n) is 4.30. The molecule has 16 heavy (non-hydrogen) atoms. The summed E-state index contributed by atoms with van der Waals surface area (Å²) in [5, 5.41) is 1.45. The third-order valence-corrected chi connectivity index (χ3v) is 3.40. The number of fused-ring (bicyclic) bond motifs is 1. The molecule has 0 N–H and O–H groups in total. The van der Waals surface area contributed by atoms with Crippen molar-refractivity contribution < 1.29 is 4.42 Å². The number of benzene rings is 1. The summed E-state index contributed by atoms with van der Waals surface area (Å²) < 4.78 is 5.76. The summed E-state index contributed by atoms with van der Waals surface area (Å²) >= 11 is 6.10. The van der Waals surface area contributed by atoms with Crippen molar-refractivity contribution in [3.8, 4) is 0 Å². The Bertz CT molecular complexity index is 473. The van der Waals surface area contributed by atoms with E-state index in [2.05, 4.69) is 32.0 Å². The normalized spacial score (nSPS) is 13.2. The van der Waals surface area contributed by atoms with Crippen LogP contribution in [0.4, 0.5) is 0 Å². The first-order valence-electron chi connectivity index (χ1n) is 5.82. The zero-order valence-electron chi connectivity index (χ0n) is 9.79. The molecule has 0 fully saturated rings. The van der Waals surface area contributed by atoms with E-state index in [4.69, 9.17) is 16.0 Å². The van der Waals surface area contributed by atoms with Crippen LogP contribution in [0.2, 0.25) is 0 Å². The van der Waals surface area contributed by atoms with Gasteiger partial charge in [0, 0.05) is 17.2 Å². The lowest BCUT2D eigenvalue weighted by Gasteiger charge is -2.02. The number of hydrogen-bond acceptors (Lipinski definition) is 1. The molecular weight excluding hydrogens is 220 g/mol. The molecule has 0 aliphatic rings. The fraction of sp³-hybridized carbons (Fsp3) is 0.429. The van der Waals surface area contributed by atoms with Crippen molar-refractivity contribution in [2.45, 2.75) is 38.5 Å². The van der Waals surface area contributed by atoms with Gasteiger partial charge in [-0.05, 0) is 38.0 Å². The van der Waals surface area contributed by atoms with Crippen LogP contribution in [-0.2, 0) is 6.42 Å². The summed E-state index contributed by atoms with van der Waals surface area (Å²) in [6.07, 6.45) is 2.92. The molecule has 2 aromatic rings. The van der Waals surface area contributed by atoms with E-state index >= 15 is 0 Å². The van der Waals surface area contributed by atoms with E-state index in [1.807, 2.05) is 6.07 Å². The molecule has 1 unspecified atom stereocenters. The van der Waals surface area contributed by atoms with Crippen LogP contribution in [-0.4, -0.2) is 5.38 Å². The summed E-state index contributed by atoms with van der Waals surface area (Å²) in [4.78, 5) is 0. The Hall–Kier alpha value is -0.950. The van der Waals surface area contributed by atoms with Crippen LogP contribution < -0.4 is 0 Å². The molecule has 0 amide bonds. The molecule has 1 aromatic heterocycles. The summed E-state index contributed by atoms with van der Waals surface area (Å²) in [6, 6.07) is 8.39. The van der Waals surface area contributed by atoms with Crippen LogP contribution in [0.15, 0.2) is 28.7 Å². The van der Waals surface area contributed by atoms with Crippen molar-refractivity contribution in [1.82, 2.24) is 0 Å². The summed E-state index contributed by atoms with van der Waals surface area (Å²) in [5.41, 5.74) is 2.24. The second kappa shape index (κ2) is 4.92. The lowest BCUT2D eigenvalue weighted by atomic mass is 10.1. The minimum atomic E-state index is 0.259. The molecule has 0 spiro atoms. The van der Waals surface area contributed by atoms with Crippen molar-refractivity contribution in [3.63, 3.8) is 0 Å². The molecule has 0 saturated heterocycles. The molecule has 2 rings (SSSR count). The Balaban J connectivity index is 2.13. The molecule has 0 aliphatic heterocycles. The number of furan rings is 1. The molecule has 86 valence electrons. The fourth-order valence-electron chi connectivity index (χ4n) is 1.84. The SMILES string of the molecule is CCC(Cl)CCc1cc2cc(C)ccc2o1. The van der Waals surface area contributed by atoms with Crippen LogP contribution in [0.3, 0.4) is 0 Å². The first kappa shape index (κ1) is 11.5. The standard InChI is InChI=1S/C14H17ClO/c1-3-12(15)5-6-13-9-11-8-10(2)4-7-14(11)16-13/h4,7-9,12H,3,5-6H2,1-2H3. The van der Waals surface area contributed by atoms with Gasteiger partial charge in [0.25, 0.3) is 0 Å². The van der Waals surface area contributed by atoms with Gasteiger partial charge in [0.1, 0.15) is 11.3 Å². The minimum Gasteiger partial charge on any atom is -0.461 e. The van der Waals surface area contributed by atoms with Crippen LogP contribution in [0.25, 0.3) is 11.0 Å². The average molecular weight is 237 g/mol. The average Bonchev–Trinajstić information content (AvgIpc) is 2.67. The molecule has 2 heteroatoms. The van der Waals surface area contributed by atoms with E-state index in [1.54, 1.807) is 0 Å². The van der Waals surface area contributed by atoms with Gasteiger partial charge in [0.2, 0.25) is 0 Å². The minimum absolute atomic E-state index is 0.259. The monoisotopic (exact) mass is 236 g/mol. The Morgan fingerprint density at radius 3 is 2.88 bits per heavy atom. The van der Waals surface area contributed by atoms with E-state index in [0.29, 0.717) is 0 Å². The Morgan fingerprint density at radius 2 is 2.12 bits per heavy atom. The highest BCUT2D eigenvalue weighted by Gasteiger charge is 2.06. The first-order valence-corrected chi connectivity index (χ1v) is 6.26. The summed E-state index contributed by atoms with van der Waals surface area (Å²) in [5.74, 6) is 1.04. The highest BCUT2D eigenvalue weighted by atomic mass is 35.5. The van der Waals surface area contributed by atoms with Gasteiger partial charge < -0.3 is 4.42 Å². The van der Waals surface area contributed by atoms with Crippen LogP contribution >= 0.6 is 11.6 Å². The van der Waals surface area contributed by atoms with Gasteiger partial charge in [-0.3, -0.25) is 0 Å². The lowest BCUT2D eigenvalue weighted by Crippen LogP contribution is -1.97. The van der Waals surface area contributed by atoms with E-state index in [-0.39, 0.29) is 5.38 Å². The van der Waals surface area contributed by atoms with E-state index < -0.39 is 0 Å². The van der Waals surface area contributed by atoms with Gasteiger partial charge in [0.15, 0.2) is 0 Å². The molecular formula is C14H17ClO. The molecule has 0 saturated carbocycles. The topological polar surface area (TPSA) is 13.1 Å². The number of hydrogen-bond donors (Lipinski definition) is 0. The van der Waals surface area contributed by atoms with Crippen molar-refractivity contribution in [1.29, 1.82) is 0 Å². The van der Waals surface area contributed by atoms with E-state index in [0.717, 1.165) is 30.6 Å². The van der Waals surface area contributed by atoms with Gasteiger partial charge in [-0.1, -0.05) is 18.6 Å². The molecule has 1 atom stereocenters. The van der Waals surface area contributed by atoms with E-state index in [9.17, 15) is 0 Å². The predicted octanol–water partition coefficient (Wildman–Crippen LogP) is 4.69. The van der Waals surface area contributed by atoms with Gasteiger partial charge in [-0.25, -0.2) is 0 Å². The van der Waals surface area contributed by atoms with Crippen molar-refractivity contribution in [2.75, 3.05) is 0 Å². The highest BCUT2D eigenvalue weighted by molar-refractivity contribution is 6.20. The molecule has 0 bridgehead atoms. The summed E-state index contributed by atoms with van der Waals surface area (Å²) in [6.45, 7) is 4.21. The zero-order chi connectivity index (χ0) is 11.5. The number of aryl methyl sites for hydroxylation is 2. The Morgan fingerprint density at radius 1 is 1.31 bits per heavy atom. The maximum Gasteiger partial charge on any atom is 0.134 e. The molecule has 0 radical (unpaired) electrons. The first-order chi connectivity index (χ1) is 7.69. The van der Waals surface area contributed by atoms with Gasteiger partial charge in [-0.2, -0.15) is 0 Å². The maximum atomic E-state index is 6.10. The summed E-state index contributed by atoms with van der Waals surface area (Å²) in [7, 11) is 0. The lowest BCUT2D eigenvalue weighted by molar-refractivity contribution is 0.532. The zero-order valence-corrected chi connectivity index (χ0v) is 10.6. The number of halogens is 1.